The standard InChI is InChI=1S/C21H23ClN4O2/c1-11-9-16(10-24-20(11)27)26-19(13-3-5-14(22)6-4-13)17(12(2)23)18(21(26)28)25-15-7-8-15/h3-5,9-10,14-15,19,23,25H,6-8H2,1-2H3,(H,24,27). The molecular formula is C21H23ClN4O2. The zero-order chi connectivity index (χ0) is 20.0. The van der Waals surface area contributed by atoms with Crippen LogP contribution in [0.4, 0.5) is 5.69 Å². The predicted octanol–water partition coefficient (Wildman–Crippen LogP) is 2.94. The monoisotopic (exact) mass is 398 g/mol. The molecule has 1 fully saturated rings. The van der Waals surface area contributed by atoms with E-state index < -0.39 is 6.04 Å². The van der Waals surface area contributed by atoms with E-state index >= 15 is 0 Å². The first-order valence-electron chi connectivity index (χ1n) is 9.48. The second-order valence-corrected chi connectivity index (χ2v) is 8.16. The lowest BCUT2D eigenvalue weighted by molar-refractivity contribution is -0.115. The molecule has 1 amide bonds. The number of alkyl halides is 1. The minimum Gasteiger partial charge on any atom is -0.377 e. The Morgan fingerprint density at radius 1 is 1.36 bits per heavy atom. The molecule has 0 spiro atoms. The fourth-order valence-corrected chi connectivity index (χ4v) is 3.86. The van der Waals surface area contributed by atoms with Crippen molar-refractivity contribution in [3.8, 4) is 0 Å². The molecule has 2 atom stereocenters. The zero-order valence-corrected chi connectivity index (χ0v) is 16.6. The van der Waals surface area contributed by atoms with E-state index in [2.05, 4.69) is 10.3 Å². The number of rotatable bonds is 5. The quantitative estimate of drug-likeness (QED) is 0.526. The Morgan fingerprint density at radius 2 is 2.11 bits per heavy atom. The number of hydrogen-bond donors (Lipinski definition) is 3. The van der Waals surface area contributed by atoms with Crippen molar-refractivity contribution in [2.45, 2.75) is 50.6 Å². The molecule has 1 saturated carbocycles. The highest BCUT2D eigenvalue weighted by atomic mass is 35.5. The number of aromatic nitrogens is 1. The highest BCUT2D eigenvalue weighted by Crippen LogP contribution is 2.37. The first kappa shape index (κ1) is 18.7. The summed E-state index contributed by atoms with van der Waals surface area (Å²) in [5, 5.41) is 11.7. The van der Waals surface area contributed by atoms with Crippen LogP contribution in [-0.4, -0.2) is 34.1 Å². The average molecular weight is 399 g/mol. The van der Waals surface area contributed by atoms with Gasteiger partial charge in [0, 0.05) is 29.1 Å². The molecule has 1 aromatic heterocycles. The van der Waals surface area contributed by atoms with E-state index in [1.807, 2.05) is 18.2 Å². The lowest BCUT2D eigenvalue weighted by atomic mass is 9.92. The lowest BCUT2D eigenvalue weighted by Crippen LogP contribution is -2.39. The van der Waals surface area contributed by atoms with E-state index in [0.29, 0.717) is 34.7 Å². The van der Waals surface area contributed by atoms with Crippen molar-refractivity contribution in [1.29, 1.82) is 5.41 Å². The van der Waals surface area contributed by atoms with Gasteiger partial charge in [-0.25, -0.2) is 0 Å². The van der Waals surface area contributed by atoms with Crippen LogP contribution in [0.1, 0.15) is 31.7 Å². The molecule has 7 heteroatoms. The summed E-state index contributed by atoms with van der Waals surface area (Å²) in [4.78, 5) is 29.6. The van der Waals surface area contributed by atoms with Crippen molar-refractivity contribution in [1.82, 2.24) is 10.3 Å². The molecule has 0 radical (unpaired) electrons. The second-order valence-electron chi connectivity index (χ2n) is 7.59. The maximum Gasteiger partial charge on any atom is 0.275 e. The van der Waals surface area contributed by atoms with Gasteiger partial charge < -0.3 is 15.7 Å². The molecular weight excluding hydrogens is 376 g/mol. The van der Waals surface area contributed by atoms with Crippen LogP contribution in [0.2, 0.25) is 0 Å². The van der Waals surface area contributed by atoms with Gasteiger partial charge >= 0.3 is 0 Å². The summed E-state index contributed by atoms with van der Waals surface area (Å²) in [6, 6.07) is 1.59. The van der Waals surface area contributed by atoms with E-state index in [1.54, 1.807) is 31.0 Å². The van der Waals surface area contributed by atoms with Crippen LogP contribution in [-0.2, 0) is 4.79 Å². The van der Waals surface area contributed by atoms with Crippen LogP contribution in [0.5, 0.6) is 0 Å². The zero-order valence-electron chi connectivity index (χ0n) is 15.9. The van der Waals surface area contributed by atoms with Crippen LogP contribution >= 0.6 is 11.6 Å². The van der Waals surface area contributed by atoms with Crippen molar-refractivity contribution >= 4 is 28.9 Å². The second kappa shape index (κ2) is 7.09. The number of H-pyrrole nitrogens is 1. The number of amides is 1. The van der Waals surface area contributed by atoms with Crippen molar-refractivity contribution in [2.24, 2.45) is 0 Å². The molecule has 2 unspecified atom stereocenters. The third-order valence-corrected chi connectivity index (χ3v) is 5.63. The Morgan fingerprint density at radius 3 is 2.68 bits per heavy atom. The summed E-state index contributed by atoms with van der Waals surface area (Å²) in [5.74, 6) is -0.174. The minimum atomic E-state index is -0.419. The molecule has 0 bridgehead atoms. The summed E-state index contributed by atoms with van der Waals surface area (Å²) in [6.45, 7) is 3.43. The third-order valence-electron chi connectivity index (χ3n) is 5.31. The van der Waals surface area contributed by atoms with Crippen LogP contribution in [0.25, 0.3) is 0 Å². The van der Waals surface area contributed by atoms with Crippen molar-refractivity contribution in [3.05, 3.63) is 63.3 Å². The van der Waals surface area contributed by atoms with Gasteiger partial charge in [0.15, 0.2) is 0 Å². The Hall–Kier alpha value is -2.60. The molecule has 146 valence electrons. The molecule has 4 rings (SSSR count). The smallest absolute Gasteiger partial charge is 0.275 e. The van der Waals surface area contributed by atoms with Crippen molar-refractivity contribution in [2.75, 3.05) is 4.90 Å². The number of allylic oxidation sites excluding steroid dienone is 2. The molecule has 1 aliphatic heterocycles. The van der Waals surface area contributed by atoms with Gasteiger partial charge in [0.05, 0.1) is 17.1 Å². The lowest BCUT2D eigenvalue weighted by Gasteiger charge is -2.29. The van der Waals surface area contributed by atoms with Gasteiger partial charge in [0.2, 0.25) is 0 Å². The first-order valence-corrected chi connectivity index (χ1v) is 9.92. The number of pyridine rings is 1. The molecule has 2 heterocycles. The number of aromatic amines is 1. The molecule has 0 aromatic carbocycles. The molecule has 6 nitrogen and oxygen atoms in total. The Bertz CT molecular complexity index is 1000. The largest absolute Gasteiger partial charge is 0.377 e. The highest BCUT2D eigenvalue weighted by molar-refractivity contribution is 6.22. The Kier molecular flexibility index (Phi) is 4.75. The van der Waals surface area contributed by atoms with E-state index in [0.717, 1.165) is 18.4 Å². The number of anilines is 1. The number of carbonyl (C=O) groups is 1. The molecule has 3 N–H and O–H groups in total. The summed E-state index contributed by atoms with van der Waals surface area (Å²) in [6.07, 6.45) is 10.2. The number of carbonyl (C=O) groups excluding carboxylic acids is 1. The van der Waals surface area contributed by atoms with Crippen LogP contribution < -0.4 is 15.8 Å². The van der Waals surface area contributed by atoms with Gasteiger partial charge in [-0.05, 0) is 44.7 Å². The summed E-state index contributed by atoms with van der Waals surface area (Å²) in [7, 11) is 0. The number of nitrogens with zero attached hydrogens (tertiary/aromatic N) is 1. The third kappa shape index (κ3) is 3.33. The number of hydrogen-bond acceptors (Lipinski definition) is 4. The molecule has 2 aliphatic carbocycles. The fourth-order valence-electron chi connectivity index (χ4n) is 3.70. The number of aryl methyl sites for hydroxylation is 1. The SMILES string of the molecule is CC(=N)C1=C(NC2CC2)C(=O)N(c2c[nH]c(=O)c(C)c2)C1C1=CCC(Cl)C=C1. The van der Waals surface area contributed by atoms with Gasteiger partial charge in [0.25, 0.3) is 11.5 Å². The maximum absolute atomic E-state index is 13.4. The summed E-state index contributed by atoms with van der Waals surface area (Å²) < 4.78 is 0. The highest BCUT2D eigenvalue weighted by Gasteiger charge is 2.44. The normalized spacial score (nSPS) is 24.6. The van der Waals surface area contributed by atoms with Crippen molar-refractivity contribution < 1.29 is 4.79 Å². The van der Waals surface area contributed by atoms with Gasteiger partial charge in [-0.1, -0.05) is 18.2 Å². The van der Waals surface area contributed by atoms with Gasteiger partial charge in [-0.3, -0.25) is 14.5 Å². The molecule has 28 heavy (non-hydrogen) atoms. The van der Waals surface area contributed by atoms with E-state index in [4.69, 9.17) is 17.0 Å². The van der Waals surface area contributed by atoms with Gasteiger partial charge in [0.1, 0.15) is 5.70 Å². The molecule has 1 aromatic rings. The summed E-state index contributed by atoms with van der Waals surface area (Å²) in [5.41, 5.74) is 3.43. The van der Waals surface area contributed by atoms with E-state index in [1.165, 1.54) is 0 Å². The van der Waals surface area contributed by atoms with Crippen molar-refractivity contribution in [3.63, 3.8) is 0 Å². The van der Waals surface area contributed by atoms with Gasteiger partial charge in [-0.2, -0.15) is 0 Å². The topological polar surface area (TPSA) is 89.1 Å². The van der Waals surface area contributed by atoms with Gasteiger partial charge in [-0.15, -0.1) is 11.6 Å². The number of nitrogens with one attached hydrogen (secondary N) is 3. The van der Waals surface area contributed by atoms with Crippen LogP contribution in [0.15, 0.2) is 52.1 Å². The molecule has 3 aliphatic rings. The van der Waals surface area contributed by atoms with E-state index in [9.17, 15) is 9.59 Å². The minimum absolute atomic E-state index is 0.0674. The Labute approximate surface area is 168 Å². The maximum atomic E-state index is 13.4. The fraction of sp³-hybridized carbons (Fsp3) is 0.381. The van der Waals surface area contributed by atoms with Crippen LogP contribution in [0.3, 0.4) is 0 Å². The Balaban J connectivity index is 1.84. The number of halogens is 1. The molecule has 0 saturated heterocycles. The van der Waals surface area contributed by atoms with Crippen LogP contribution in [0, 0.1) is 12.3 Å². The first-order chi connectivity index (χ1) is 13.4. The predicted molar refractivity (Wildman–Crippen MR) is 111 cm³/mol. The summed E-state index contributed by atoms with van der Waals surface area (Å²) >= 11 is 6.20. The average Bonchev–Trinajstić information content (AvgIpc) is 3.42. The van der Waals surface area contributed by atoms with E-state index in [-0.39, 0.29) is 22.9 Å².